The Hall–Kier alpha value is -1.40. The van der Waals surface area contributed by atoms with Crippen LogP contribution in [0, 0.1) is 6.92 Å². The second-order valence-corrected chi connectivity index (χ2v) is 4.47. The first-order valence-electron chi connectivity index (χ1n) is 4.88. The number of aryl methyl sites for hydroxylation is 2. The standard InChI is InChI=1S/C10H13N5S/c1-7-3-8(5-11)4-9(13-7)16-10-14-12-6-15(10)2/h3-4,6H,5,11H2,1-2H3. The summed E-state index contributed by atoms with van der Waals surface area (Å²) in [5, 5.41) is 9.54. The maximum atomic E-state index is 5.62. The van der Waals surface area contributed by atoms with E-state index < -0.39 is 0 Å². The van der Waals surface area contributed by atoms with Gasteiger partial charge in [0.2, 0.25) is 0 Å². The first kappa shape index (κ1) is 11.1. The predicted molar refractivity (Wildman–Crippen MR) is 62.0 cm³/mol. The quantitative estimate of drug-likeness (QED) is 0.863. The van der Waals surface area contributed by atoms with Crippen molar-refractivity contribution >= 4 is 11.8 Å². The van der Waals surface area contributed by atoms with Gasteiger partial charge in [-0.1, -0.05) is 0 Å². The number of nitrogens with zero attached hydrogens (tertiary/aromatic N) is 4. The van der Waals surface area contributed by atoms with Crippen molar-refractivity contribution in [3.05, 3.63) is 29.7 Å². The van der Waals surface area contributed by atoms with Gasteiger partial charge in [-0.05, 0) is 36.4 Å². The van der Waals surface area contributed by atoms with Crippen LogP contribution in [0.5, 0.6) is 0 Å². The smallest absolute Gasteiger partial charge is 0.197 e. The number of pyridine rings is 1. The first-order valence-corrected chi connectivity index (χ1v) is 5.70. The topological polar surface area (TPSA) is 69.6 Å². The van der Waals surface area contributed by atoms with Crippen molar-refractivity contribution in [1.82, 2.24) is 19.7 Å². The Morgan fingerprint density at radius 1 is 1.44 bits per heavy atom. The van der Waals surface area contributed by atoms with E-state index in [4.69, 9.17) is 5.73 Å². The van der Waals surface area contributed by atoms with Crippen LogP contribution < -0.4 is 5.73 Å². The van der Waals surface area contributed by atoms with Gasteiger partial charge >= 0.3 is 0 Å². The molecule has 2 aromatic heterocycles. The minimum absolute atomic E-state index is 0.524. The molecule has 2 aromatic rings. The molecule has 16 heavy (non-hydrogen) atoms. The molecule has 0 aliphatic heterocycles. The lowest BCUT2D eigenvalue weighted by Crippen LogP contribution is -1.99. The van der Waals surface area contributed by atoms with Crippen LogP contribution in [0.3, 0.4) is 0 Å². The number of hydrogen-bond donors (Lipinski definition) is 1. The summed E-state index contributed by atoms with van der Waals surface area (Å²) in [6.07, 6.45) is 1.67. The molecule has 0 fully saturated rings. The average Bonchev–Trinajstić information content (AvgIpc) is 2.63. The van der Waals surface area contributed by atoms with Crippen LogP contribution in [-0.4, -0.2) is 19.7 Å². The molecule has 2 N–H and O–H groups in total. The lowest BCUT2D eigenvalue weighted by Gasteiger charge is -2.04. The van der Waals surface area contributed by atoms with E-state index in [0.717, 1.165) is 21.4 Å². The van der Waals surface area contributed by atoms with Gasteiger partial charge in [0.15, 0.2) is 5.16 Å². The Kier molecular flexibility index (Phi) is 3.21. The largest absolute Gasteiger partial charge is 0.326 e. The molecule has 0 aromatic carbocycles. The Morgan fingerprint density at radius 3 is 2.88 bits per heavy atom. The van der Waals surface area contributed by atoms with Crippen molar-refractivity contribution in [2.45, 2.75) is 23.7 Å². The highest BCUT2D eigenvalue weighted by molar-refractivity contribution is 7.99. The fraction of sp³-hybridized carbons (Fsp3) is 0.300. The van der Waals surface area contributed by atoms with E-state index in [2.05, 4.69) is 15.2 Å². The maximum Gasteiger partial charge on any atom is 0.197 e. The average molecular weight is 235 g/mol. The van der Waals surface area contributed by atoms with Crippen molar-refractivity contribution in [1.29, 1.82) is 0 Å². The van der Waals surface area contributed by atoms with Gasteiger partial charge in [0.1, 0.15) is 11.4 Å². The van der Waals surface area contributed by atoms with Gasteiger partial charge in [-0.3, -0.25) is 0 Å². The molecular formula is C10H13N5S. The van der Waals surface area contributed by atoms with Crippen LogP contribution in [-0.2, 0) is 13.6 Å². The molecule has 84 valence electrons. The van der Waals surface area contributed by atoms with E-state index in [-0.39, 0.29) is 0 Å². The monoisotopic (exact) mass is 235 g/mol. The lowest BCUT2D eigenvalue weighted by atomic mass is 10.2. The van der Waals surface area contributed by atoms with Crippen LogP contribution in [0.4, 0.5) is 0 Å². The van der Waals surface area contributed by atoms with E-state index in [1.54, 1.807) is 6.33 Å². The van der Waals surface area contributed by atoms with Crippen molar-refractivity contribution < 1.29 is 0 Å². The van der Waals surface area contributed by atoms with Crippen molar-refractivity contribution in [3.63, 3.8) is 0 Å². The Bertz CT molecular complexity index is 494. The number of hydrogen-bond acceptors (Lipinski definition) is 5. The summed E-state index contributed by atoms with van der Waals surface area (Å²) >= 11 is 1.49. The van der Waals surface area contributed by atoms with E-state index in [9.17, 15) is 0 Å². The molecule has 6 heteroatoms. The van der Waals surface area contributed by atoms with E-state index >= 15 is 0 Å². The third kappa shape index (κ3) is 2.40. The first-order chi connectivity index (χ1) is 7.69. The summed E-state index contributed by atoms with van der Waals surface area (Å²) in [6.45, 7) is 2.48. The van der Waals surface area contributed by atoms with Gasteiger partial charge < -0.3 is 10.3 Å². The summed E-state index contributed by atoms with van der Waals surface area (Å²) in [6, 6.07) is 3.97. The minimum atomic E-state index is 0.524. The Morgan fingerprint density at radius 2 is 2.25 bits per heavy atom. The van der Waals surface area contributed by atoms with Gasteiger partial charge in [-0.25, -0.2) is 4.98 Å². The molecule has 0 bridgehead atoms. The molecule has 0 spiro atoms. The molecule has 0 aliphatic rings. The SMILES string of the molecule is Cc1cc(CN)cc(Sc2nncn2C)n1. The maximum absolute atomic E-state index is 5.62. The van der Waals surface area contributed by atoms with Gasteiger partial charge in [-0.15, -0.1) is 10.2 Å². The van der Waals surface area contributed by atoms with E-state index in [1.807, 2.05) is 30.7 Å². The second-order valence-electron chi connectivity index (χ2n) is 3.49. The van der Waals surface area contributed by atoms with Gasteiger partial charge in [-0.2, -0.15) is 0 Å². The van der Waals surface area contributed by atoms with E-state index in [1.165, 1.54) is 11.8 Å². The molecule has 0 atom stereocenters. The lowest BCUT2D eigenvalue weighted by molar-refractivity contribution is 0.786. The molecule has 0 unspecified atom stereocenters. The van der Waals surface area contributed by atoms with Crippen LogP contribution in [0.25, 0.3) is 0 Å². The highest BCUT2D eigenvalue weighted by atomic mass is 32.2. The molecule has 0 saturated carbocycles. The second kappa shape index (κ2) is 4.63. The van der Waals surface area contributed by atoms with Crippen molar-refractivity contribution in [2.75, 3.05) is 0 Å². The van der Waals surface area contributed by atoms with Crippen molar-refractivity contribution in [3.8, 4) is 0 Å². The minimum Gasteiger partial charge on any atom is -0.326 e. The molecule has 0 saturated heterocycles. The van der Waals surface area contributed by atoms with Crippen LogP contribution in [0.15, 0.2) is 28.6 Å². The highest BCUT2D eigenvalue weighted by Gasteiger charge is 2.06. The fourth-order valence-corrected chi connectivity index (χ4v) is 2.20. The van der Waals surface area contributed by atoms with Crippen molar-refractivity contribution in [2.24, 2.45) is 12.8 Å². The van der Waals surface area contributed by atoms with E-state index in [0.29, 0.717) is 6.54 Å². The fourth-order valence-electron chi connectivity index (χ4n) is 1.34. The van der Waals surface area contributed by atoms with Gasteiger partial charge in [0, 0.05) is 19.3 Å². The highest BCUT2D eigenvalue weighted by Crippen LogP contribution is 2.24. The molecular weight excluding hydrogens is 222 g/mol. The summed E-state index contributed by atoms with van der Waals surface area (Å²) in [7, 11) is 1.90. The van der Waals surface area contributed by atoms with Gasteiger partial charge in [0.25, 0.3) is 0 Å². The Labute approximate surface area is 98.1 Å². The predicted octanol–water partition coefficient (Wildman–Crippen LogP) is 1.13. The van der Waals surface area contributed by atoms with Gasteiger partial charge in [0.05, 0.1) is 0 Å². The van der Waals surface area contributed by atoms with Crippen LogP contribution >= 0.6 is 11.8 Å². The Balaban J connectivity index is 2.28. The summed E-state index contributed by atoms with van der Waals surface area (Å²) in [5.41, 5.74) is 7.67. The summed E-state index contributed by atoms with van der Waals surface area (Å²) < 4.78 is 1.86. The summed E-state index contributed by atoms with van der Waals surface area (Å²) in [4.78, 5) is 4.42. The molecule has 2 rings (SSSR count). The molecule has 5 nitrogen and oxygen atoms in total. The molecule has 0 aliphatic carbocycles. The van der Waals surface area contributed by atoms with Crippen LogP contribution in [0.1, 0.15) is 11.3 Å². The van der Waals surface area contributed by atoms with Crippen LogP contribution in [0.2, 0.25) is 0 Å². The zero-order valence-corrected chi connectivity index (χ0v) is 10.0. The number of rotatable bonds is 3. The third-order valence-corrected chi connectivity index (χ3v) is 3.06. The molecule has 0 amide bonds. The molecule has 0 radical (unpaired) electrons. The molecule has 2 heterocycles. The normalized spacial score (nSPS) is 10.7. The zero-order chi connectivity index (χ0) is 11.5. The summed E-state index contributed by atoms with van der Waals surface area (Å²) in [5.74, 6) is 0. The zero-order valence-electron chi connectivity index (χ0n) is 9.21. The third-order valence-electron chi connectivity index (χ3n) is 2.09. The number of aromatic nitrogens is 4. The number of nitrogens with two attached hydrogens (primary N) is 1.